The van der Waals surface area contributed by atoms with Gasteiger partial charge in [-0.2, -0.15) is 0 Å². The van der Waals surface area contributed by atoms with Crippen molar-refractivity contribution in [2.24, 2.45) is 0 Å². The third-order valence-electron chi connectivity index (χ3n) is 5.92. The molecule has 36 heavy (non-hydrogen) atoms. The smallest absolute Gasteiger partial charge is 0.407 e. The Balaban J connectivity index is 1.38. The van der Waals surface area contributed by atoms with Crippen LogP contribution in [0.25, 0.3) is 0 Å². The van der Waals surface area contributed by atoms with Crippen molar-refractivity contribution < 1.29 is 33.4 Å². The van der Waals surface area contributed by atoms with Crippen LogP contribution in [0.15, 0.2) is 18.2 Å². The first-order valence-electron chi connectivity index (χ1n) is 12.5. The van der Waals surface area contributed by atoms with Gasteiger partial charge in [0.2, 0.25) is 11.8 Å². The minimum absolute atomic E-state index is 0.0915. The van der Waals surface area contributed by atoms with E-state index in [4.69, 9.17) is 9.47 Å². The summed E-state index contributed by atoms with van der Waals surface area (Å²) in [5, 5.41) is 4.94. The van der Waals surface area contributed by atoms with Crippen LogP contribution in [0.4, 0.5) is 4.79 Å². The molecule has 10 nitrogen and oxygen atoms in total. The van der Waals surface area contributed by atoms with Crippen LogP contribution < -0.4 is 10.6 Å². The van der Waals surface area contributed by atoms with Crippen molar-refractivity contribution in [2.75, 3.05) is 19.8 Å². The summed E-state index contributed by atoms with van der Waals surface area (Å²) in [6.45, 7) is 7.13. The number of ether oxygens (including phenoxy) is 2. The van der Waals surface area contributed by atoms with Gasteiger partial charge < -0.3 is 14.8 Å². The van der Waals surface area contributed by atoms with Gasteiger partial charge in [0.1, 0.15) is 11.6 Å². The molecule has 2 N–H and O–H groups in total. The largest absolute Gasteiger partial charge is 0.444 e. The van der Waals surface area contributed by atoms with Crippen LogP contribution >= 0.6 is 0 Å². The van der Waals surface area contributed by atoms with Crippen molar-refractivity contribution >= 4 is 29.7 Å². The van der Waals surface area contributed by atoms with Gasteiger partial charge in [0, 0.05) is 26.2 Å². The number of rotatable bonds is 11. The molecule has 1 fully saturated rings. The summed E-state index contributed by atoms with van der Waals surface area (Å²) in [5.41, 5.74) is 0.873. The van der Waals surface area contributed by atoms with Crippen molar-refractivity contribution in [2.45, 2.75) is 77.4 Å². The molecule has 1 aromatic carbocycles. The molecule has 0 spiro atoms. The number of hydrogen-bond donors (Lipinski definition) is 2. The maximum Gasteiger partial charge on any atom is 0.407 e. The third kappa shape index (κ3) is 7.13. The summed E-state index contributed by atoms with van der Waals surface area (Å²) < 4.78 is 10.9. The number of hydrogen-bond acceptors (Lipinski definition) is 7. The lowest BCUT2D eigenvalue weighted by molar-refractivity contribution is -0.136. The Morgan fingerprint density at radius 3 is 2.53 bits per heavy atom. The van der Waals surface area contributed by atoms with Gasteiger partial charge in [0.25, 0.3) is 11.8 Å². The van der Waals surface area contributed by atoms with Gasteiger partial charge in [0.05, 0.1) is 11.1 Å². The average Bonchev–Trinajstić information content (AvgIpc) is 3.05. The Bertz CT molecular complexity index is 1020. The van der Waals surface area contributed by atoms with Gasteiger partial charge in [0.15, 0.2) is 0 Å². The summed E-state index contributed by atoms with van der Waals surface area (Å²) in [6.07, 6.45) is 3.66. The molecule has 196 valence electrons. The van der Waals surface area contributed by atoms with Crippen molar-refractivity contribution in [1.82, 2.24) is 15.5 Å². The number of amides is 5. The van der Waals surface area contributed by atoms with Crippen LogP contribution in [-0.4, -0.2) is 66.0 Å². The molecule has 10 heteroatoms. The third-order valence-corrected chi connectivity index (χ3v) is 5.92. The number of fused-ring (bicyclic) bond motifs is 1. The zero-order chi connectivity index (χ0) is 26.3. The van der Waals surface area contributed by atoms with E-state index in [9.17, 15) is 24.0 Å². The molecule has 5 amide bonds. The van der Waals surface area contributed by atoms with E-state index in [1.165, 1.54) is 0 Å². The molecule has 0 aliphatic carbocycles. The summed E-state index contributed by atoms with van der Waals surface area (Å²) in [5.74, 6) is -1.99. The topological polar surface area (TPSA) is 131 Å². The number of imide groups is 2. The van der Waals surface area contributed by atoms with Crippen LogP contribution in [0.5, 0.6) is 0 Å². The monoisotopic (exact) mass is 501 g/mol. The number of nitrogens with zero attached hydrogens (tertiary/aromatic N) is 1. The highest BCUT2D eigenvalue weighted by Gasteiger charge is 2.45. The second-order valence-electron chi connectivity index (χ2n) is 9.99. The van der Waals surface area contributed by atoms with E-state index in [1.54, 1.807) is 12.1 Å². The molecule has 1 unspecified atom stereocenters. The Hall–Kier alpha value is -3.27. The molecular formula is C26H35N3O7. The Labute approximate surface area is 211 Å². The molecular weight excluding hydrogens is 466 g/mol. The standard InChI is InChI=1S/C26H35N3O7/c1-26(2,3)36-25(34)27-14-5-4-6-15-35-16-8-10-17-9-7-11-18-21(17)24(33)29(23(18)32)19-12-13-20(30)28-22(19)31/h7,9,11,19H,4-6,8,10,12-16H2,1-3H3,(H,27,34)(H,28,30,31). The van der Waals surface area contributed by atoms with Crippen molar-refractivity contribution in [3.05, 3.63) is 34.9 Å². The van der Waals surface area contributed by atoms with Gasteiger partial charge in [-0.05, 0) is 70.9 Å². The van der Waals surface area contributed by atoms with Crippen LogP contribution in [0, 0.1) is 0 Å². The maximum atomic E-state index is 13.1. The Morgan fingerprint density at radius 1 is 1.06 bits per heavy atom. The summed E-state index contributed by atoms with van der Waals surface area (Å²) >= 11 is 0. The van der Waals surface area contributed by atoms with Crippen LogP contribution in [0.2, 0.25) is 0 Å². The Kier molecular flexibility index (Phi) is 9.19. The zero-order valence-electron chi connectivity index (χ0n) is 21.2. The highest BCUT2D eigenvalue weighted by atomic mass is 16.6. The number of nitrogens with one attached hydrogen (secondary N) is 2. The van der Waals surface area contributed by atoms with Gasteiger partial charge in [-0.3, -0.25) is 29.4 Å². The van der Waals surface area contributed by atoms with E-state index in [1.807, 2.05) is 26.8 Å². The predicted molar refractivity (Wildman–Crippen MR) is 130 cm³/mol. The van der Waals surface area contributed by atoms with Gasteiger partial charge in [-0.15, -0.1) is 0 Å². The van der Waals surface area contributed by atoms with Gasteiger partial charge in [-0.25, -0.2) is 4.79 Å². The second kappa shape index (κ2) is 12.1. The number of carbonyl (C=O) groups excluding carboxylic acids is 5. The van der Waals surface area contributed by atoms with E-state index in [2.05, 4.69) is 10.6 Å². The normalized spacial score (nSPS) is 17.8. The average molecular weight is 502 g/mol. The van der Waals surface area contributed by atoms with E-state index in [0.717, 1.165) is 29.7 Å². The lowest BCUT2D eigenvalue weighted by atomic mass is 9.99. The first-order chi connectivity index (χ1) is 17.1. The van der Waals surface area contributed by atoms with Crippen molar-refractivity contribution in [3.63, 3.8) is 0 Å². The summed E-state index contributed by atoms with van der Waals surface area (Å²) in [6, 6.07) is 4.18. The maximum absolute atomic E-state index is 13.1. The number of benzene rings is 1. The van der Waals surface area contributed by atoms with E-state index >= 15 is 0 Å². The fourth-order valence-electron chi connectivity index (χ4n) is 4.27. The minimum atomic E-state index is -0.967. The molecule has 0 saturated carbocycles. The number of aryl methyl sites for hydroxylation is 1. The van der Waals surface area contributed by atoms with Gasteiger partial charge in [-0.1, -0.05) is 12.1 Å². The lowest BCUT2D eigenvalue weighted by Gasteiger charge is -2.27. The van der Waals surface area contributed by atoms with Crippen LogP contribution in [0.3, 0.4) is 0 Å². The number of unbranched alkanes of at least 4 members (excludes halogenated alkanes) is 2. The van der Waals surface area contributed by atoms with Crippen LogP contribution in [-0.2, 0) is 25.5 Å². The first-order valence-corrected chi connectivity index (χ1v) is 12.5. The molecule has 1 atom stereocenters. The molecule has 1 aromatic rings. The second-order valence-corrected chi connectivity index (χ2v) is 9.99. The predicted octanol–water partition coefficient (Wildman–Crippen LogP) is 2.73. The molecule has 2 aliphatic rings. The number of piperidine rings is 1. The number of carbonyl (C=O) groups is 5. The number of alkyl carbamates (subject to hydrolysis) is 1. The SMILES string of the molecule is CC(C)(C)OC(=O)NCCCCCOCCCc1cccc2c1C(=O)N(C1CCC(=O)NC1=O)C2=O. The minimum Gasteiger partial charge on any atom is -0.444 e. The van der Waals surface area contributed by atoms with Gasteiger partial charge >= 0.3 is 6.09 Å². The molecule has 0 aromatic heterocycles. The zero-order valence-corrected chi connectivity index (χ0v) is 21.2. The quantitative estimate of drug-likeness (QED) is 0.352. The highest BCUT2D eigenvalue weighted by molar-refractivity contribution is 6.24. The molecule has 0 bridgehead atoms. The molecule has 0 radical (unpaired) electrons. The fourth-order valence-corrected chi connectivity index (χ4v) is 4.27. The Morgan fingerprint density at radius 2 is 1.81 bits per heavy atom. The van der Waals surface area contributed by atoms with Crippen LogP contribution in [0.1, 0.15) is 85.6 Å². The lowest BCUT2D eigenvalue weighted by Crippen LogP contribution is -2.54. The van der Waals surface area contributed by atoms with Crippen molar-refractivity contribution in [3.8, 4) is 0 Å². The summed E-state index contributed by atoms with van der Waals surface area (Å²) in [4.78, 5) is 62.2. The molecule has 2 heterocycles. The van der Waals surface area contributed by atoms with E-state index < -0.39 is 41.4 Å². The molecule has 1 saturated heterocycles. The highest BCUT2D eigenvalue weighted by Crippen LogP contribution is 2.30. The van der Waals surface area contributed by atoms with Crippen molar-refractivity contribution in [1.29, 1.82) is 0 Å². The van der Waals surface area contributed by atoms with E-state index in [0.29, 0.717) is 43.7 Å². The molecule has 3 rings (SSSR count). The first kappa shape index (κ1) is 27.3. The van der Waals surface area contributed by atoms with E-state index in [-0.39, 0.29) is 12.8 Å². The summed E-state index contributed by atoms with van der Waals surface area (Å²) in [7, 11) is 0. The fraction of sp³-hybridized carbons (Fsp3) is 0.577. The molecule has 2 aliphatic heterocycles.